The summed E-state index contributed by atoms with van der Waals surface area (Å²) in [6, 6.07) is 15.7. The molecule has 1 N–H and O–H groups in total. The van der Waals surface area contributed by atoms with Crippen LogP contribution in [0, 0.1) is 0 Å². The predicted octanol–water partition coefficient (Wildman–Crippen LogP) is 3.13. The first kappa shape index (κ1) is 12.7. The van der Waals surface area contributed by atoms with E-state index in [1.165, 1.54) is 5.56 Å². The highest BCUT2D eigenvalue weighted by Crippen LogP contribution is 2.19. The molecule has 0 unspecified atom stereocenters. The minimum atomic E-state index is 0.333. The molecule has 4 heteroatoms. The molecular weight excluding hydrogens is 252 g/mol. The Morgan fingerprint density at radius 2 is 2.00 bits per heavy atom. The number of oxazole rings is 1. The summed E-state index contributed by atoms with van der Waals surface area (Å²) >= 11 is 0. The van der Waals surface area contributed by atoms with Gasteiger partial charge >= 0.3 is 0 Å². The van der Waals surface area contributed by atoms with Crippen molar-refractivity contribution in [2.45, 2.75) is 13.2 Å². The smallest absolute Gasteiger partial charge is 0.233 e. The van der Waals surface area contributed by atoms with Crippen LogP contribution >= 0.6 is 0 Å². The number of nitrogens with one attached hydrogen (secondary N) is 1. The van der Waals surface area contributed by atoms with E-state index in [9.17, 15) is 0 Å². The maximum Gasteiger partial charge on any atom is 0.233 e. The van der Waals surface area contributed by atoms with E-state index in [-0.39, 0.29) is 0 Å². The zero-order chi connectivity index (χ0) is 13.8. The van der Waals surface area contributed by atoms with Crippen LogP contribution in [0.15, 0.2) is 52.9 Å². The fraction of sp³-hybridized carbons (Fsp3) is 0.188. The van der Waals surface area contributed by atoms with Crippen molar-refractivity contribution in [3.63, 3.8) is 0 Å². The van der Waals surface area contributed by atoms with Crippen molar-refractivity contribution in [3.8, 4) is 5.75 Å². The average molecular weight is 268 g/mol. The van der Waals surface area contributed by atoms with Crippen LogP contribution in [0.2, 0.25) is 0 Å². The van der Waals surface area contributed by atoms with Gasteiger partial charge in [0.05, 0.1) is 0 Å². The lowest BCUT2D eigenvalue weighted by molar-refractivity contribution is 0.267. The molecule has 0 saturated carbocycles. The molecule has 20 heavy (non-hydrogen) atoms. The second kappa shape index (κ2) is 5.75. The first-order valence-corrected chi connectivity index (χ1v) is 6.56. The molecule has 0 aliphatic rings. The van der Waals surface area contributed by atoms with Crippen LogP contribution in [-0.4, -0.2) is 12.0 Å². The number of para-hydroxylation sites is 1. The lowest BCUT2D eigenvalue weighted by Crippen LogP contribution is -2.04. The Kier molecular flexibility index (Phi) is 3.65. The molecule has 0 saturated heterocycles. The molecule has 0 spiro atoms. The third-order valence-corrected chi connectivity index (χ3v) is 2.98. The Balaban J connectivity index is 1.75. The van der Waals surface area contributed by atoms with Crippen LogP contribution in [-0.2, 0) is 13.2 Å². The average Bonchev–Trinajstić information content (AvgIpc) is 2.89. The predicted molar refractivity (Wildman–Crippen MR) is 77.5 cm³/mol. The zero-order valence-corrected chi connectivity index (χ0v) is 11.3. The molecule has 3 rings (SSSR count). The van der Waals surface area contributed by atoms with Gasteiger partial charge in [-0.25, -0.2) is 4.98 Å². The molecule has 0 aliphatic heterocycles. The van der Waals surface area contributed by atoms with Gasteiger partial charge in [0, 0.05) is 6.54 Å². The number of nitrogens with zero attached hydrogens (tertiary/aromatic N) is 1. The lowest BCUT2D eigenvalue weighted by Gasteiger charge is -2.01. The van der Waals surface area contributed by atoms with Gasteiger partial charge in [0.1, 0.15) is 11.3 Å². The standard InChI is InChI=1S/C16H16N2O2/c1-17-10-12-7-8-15-14(9-12)18-16(20-15)11-19-13-5-3-2-4-6-13/h2-9,17H,10-11H2,1H3. The summed E-state index contributed by atoms with van der Waals surface area (Å²) in [5.74, 6) is 1.40. The van der Waals surface area contributed by atoms with Gasteiger partial charge in [-0.2, -0.15) is 0 Å². The molecule has 0 bridgehead atoms. The van der Waals surface area contributed by atoms with Crippen LogP contribution in [0.3, 0.4) is 0 Å². The molecule has 102 valence electrons. The summed E-state index contributed by atoms with van der Waals surface area (Å²) < 4.78 is 11.3. The third-order valence-electron chi connectivity index (χ3n) is 2.98. The van der Waals surface area contributed by atoms with E-state index < -0.39 is 0 Å². The number of hydrogen-bond acceptors (Lipinski definition) is 4. The summed E-state index contributed by atoms with van der Waals surface area (Å²) in [5.41, 5.74) is 2.84. The van der Waals surface area contributed by atoms with E-state index in [4.69, 9.17) is 9.15 Å². The highest BCUT2D eigenvalue weighted by atomic mass is 16.5. The molecule has 0 amide bonds. The van der Waals surface area contributed by atoms with Gasteiger partial charge in [0.2, 0.25) is 5.89 Å². The topological polar surface area (TPSA) is 47.3 Å². The van der Waals surface area contributed by atoms with Gasteiger partial charge in [-0.05, 0) is 36.9 Å². The number of hydrogen-bond donors (Lipinski definition) is 1. The molecular formula is C16H16N2O2. The zero-order valence-electron chi connectivity index (χ0n) is 11.3. The maximum absolute atomic E-state index is 5.67. The lowest BCUT2D eigenvalue weighted by atomic mass is 10.2. The fourth-order valence-electron chi connectivity index (χ4n) is 2.06. The number of aromatic nitrogens is 1. The van der Waals surface area contributed by atoms with Gasteiger partial charge < -0.3 is 14.5 Å². The van der Waals surface area contributed by atoms with Crippen LogP contribution in [0.4, 0.5) is 0 Å². The van der Waals surface area contributed by atoms with Crippen LogP contribution in [0.25, 0.3) is 11.1 Å². The molecule has 1 aromatic heterocycles. The van der Waals surface area contributed by atoms with Crippen LogP contribution in [0.1, 0.15) is 11.5 Å². The monoisotopic (exact) mass is 268 g/mol. The van der Waals surface area contributed by atoms with E-state index in [1.807, 2.05) is 55.6 Å². The minimum absolute atomic E-state index is 0.333. The Morgan fingerprint density at radius 3 is 2.80 bits per heavy atom. The van der Waals surface area contributed by atoms with Crippen molar-refractivity contribution in [2.24, 2.45) is 0 Å². The van der Waals surface area contributed by atoms with Gasteiger partial charge in [-0.3, -0.25) is 0 Å². The molecule has 0 fully saturated rings. The van der Waals surface area contributed by atoms with Crippen molar-refractivity contribution < 1.29 is 9.15 Å². The summed E-state index contributed by atoms with van der Waals surface area (Å²) in [6.45, 7) is 1.15. The quantitative estimate of drug-likeness (QED) is 0.772. The molecule has 0 atom stereocenters. The van der Waals surface area contributed by atoms with E-state index in [2.05, 4.69) is 10.3 Å². The van der Waals surface area contributed by atoms with Crippen molar-refractivity contribution in [1.82, 2.24) is 10.3 Å². The second-order valence-electron chi connectivity index (χ2n) is 4.54. The summed E-state index contributed by atoms with van der Waals surface area (Å²) in [6.07, 6.45) is 0. The normalized spacial score (nSPS) is 10.8. The molecule has 0 radical (unpaired) electrons. The Bertz CT molecular complexity index is 692. The SMILES string of the molecule is CNCc1ccc2oc(COc3ccccc3)nc2c1. The largest absolute Gasteiger partial charge is 0.484 e. The van der Waals surface area contributed by atoms with E-state index in [1.54, 1.807) is 0 Å². The van der Waals surface area contributed by atoms with Gasteiger partial charge in [-0.1, -0.05) is 24.3 Å². The van der Waals surface area contributed by atoms with E-state index in [0.29, 0.717) is 12.5 Å². The highest BCUT2D eigenvalue weighted by Gasteiger charge is 2.07. The fourth-order valence-corrected chi connectivity index (χ4v) is 2.06. The van der Waals surface area contributed by atoms with Crippen molar-refractivity contribution in [3.05, 3.63) is 60.0 Å². The number of benzene rings is 2. The van der Waals surface area contributed by atoms with Crippen LogP contribution < -0.4 is 10.1 Å². The minimum Gasteiger partial charge on any atom is -0.484 e. The molecule has 4 nitrogen and oxygen atoms in total. The number of fused-ring (bicyclic) bond motifs is 1. The first-order chi connectivity index (χ1) is 9.85. The molecule has 2 aromatic carbocycles. The number of ether oxygens (including phenoxy) is 1. The summed E-state index contributed by atoms with van der Waals surface area (Å²) in [5, 5.41) is 3.12. The Morgan fingerprint density at radius 1 is 1.15 bits per heavy atom. The first-order valence-electron chi connectivity index (χ1n) is 6.56. The van der Waals surface area contributed by atoms with E-state index in [0.717, 1.165) is 23.4 Å². The Labute approximate surface area is 117 Å². The van der Waals surface area contributed by atoms with E-state index >= 15 is 0 Å². The number of rotatable bonds is 5. The van der Waals surface area contributed by atoms with Crippen LogP contribution in [0.5, 0.6) is 5.75 Å². The molecule has 0 aliphatic carbocycles. The molecule has 1 heterocycles. The van der Waals surface area contributed by atoms with Gasteiger partial charge in [0.25, 0.3) is 0 Å². The maximum atomic E-state index is 5.67. The third kappa shape index (κ3) is 2.81. The van der Waals surface area contributed by atoms with Gasteiger partial charge in [-0.15, -0.1) is 0 Å². The summed E-state index contributed by atoms with van der Waals surface area (Å²) in [4.78, 5) is 4.45. The van der Waals surface area contributed by atoms with Crippen molar-refractivity contribution in [1.29, 1.82) is 0 Å². The highest BCUT2D eigenvalue weighted by molar-refractivity contribution is 5.73. The summed E-state index contributed by atoms with van der Waals surface area (Å²) in [7, 11) is 1.92. The Hall–Kier alpha value is -2.33. The molecule has 3 aromatic rings. The van der Waals surface area contributed by atoms with Crippen molar-refractivity contribution >= 4 is 11.1 Å². The van der Waals surface area contributed by atoms with Crippen molar-refractivity contribution in [2.75, 3.05) is 7.05 Å². The second-order valence-corrected chi connectivity index (χ2v) is 4.54. The van der Waals surface area contributed by atoms with Gasteiger partial charge in [0.15, 0.2) is 12.2 Å².